The number of pyridine rings is 1. The van der Waals surface area contributed by atoms with Crippen molar-refractivity contribution in [3.05, 3.63) is 65.7 Å². The first-order valence-corrected chi connectivity index (χ1v) is 7.61. The van der Waals surface area contributed by atoms with Crippen LogP contribution in [0.25, 0.3) is 22.2 Å². The number of amides is 1. The van der Waals surface area contributed by atoms with Gasteiger partial charge in [0.2, 0.25) is 0 Å². The van der Waals surface area contributed by atoms with Gasteiger partial charge in [-0.05, 0) is 23.6 Å². The first kappa shape index (κ1) is 15.2. The van der Waals surface area contributed by atoms with Gasteiger partial charge < -0.3 is 0 Å². The van der Waals surface area contributed by atoms with Crippen molar-refractivity contribution in [3.8, 4) is 11.3 Å². The molecule has 0 fully saturated rings. The third-order valence-electron chi connectivity index (χ3n) is 3.97. The van der Waals surface area contributed by atoms with Crippen LogP contribution in [0.4, 0.5) is 0 Å². The second-order valence-electron chi connectivity index (χ2n) is 5.82. The average Bonchev–Trinajstić information content (AvgIpc) is 2.60. The average molecular weight is 305 g/mol. The Morgan fingerprint density at radius 3 is 2.43 bits per heavy atom. The number of carbonyl (C=O) groups is 1. The molecule has 0 atom stereocenters. The number of hydrogen-bond donors (Lipinski definition) is 2. The summed E-state index contributed by atoms with van der Waals surface area (Å²) in [6, 6.07) is 17.6. The fourth-order valence-corrected chi connectivity index (χ4v) is 2.63. The van der Waals surface area contributed by atoms with Gasteiger partial charge in [0.05, 0.1) is 16.8 Å². The van der Waals surface area contributed by atoms with Crippen molar-refractivity contribution in [2.75, 3.05) is 0 Å². The number of hydrazine groups is 1. The summed E-state index contributed by atoms with van der Waals surface area (Å²) < 4.78 is 0. The number of fused-ring (bicyclic) bond motifs is 1. The summed E-state index contributed by atoms with van der Waals surface area (Å²) in [5.41, 5.74) is 6.53. The molecule has 1 aromatic heterocycles. The van der Waals surface area contributed by atoms with Crippen LogP contribution in [0.3, 0.4) is 0 Å². The summed E-state index contributed by atoms with van der Waals surface area (Å²) in [6.07, 6.45) is 0. The fraction of sp³-hybridized carbons (Fsp3) is 0.158. The minimum Gasteiger partial charge on any atom is -0.290 e. The molecule has 23 heavy (non-hydrogen) atoms. The van der Waals surface area contributed by atoms with Gasteiger partial charge in [-0.2, -0.15) is 0 Å². The van der Waals surface area contributed by atoms with Gasteiger partial charge >= 0.3 is 0 Å². The Labute approximate surface area is 135 Å². The molecule has 0 saturated heterocycles. The minimum absolute atomic E-state index is 0.316. The van der Waals surface area contributed by atoms with Crippen molar-refractivity contribution in [1.82, 2.24) is 10.4 Å². The Balaban J connectivity index is 2.16. The lowest BCUT2D eigenvalue weighted by molar-refractivity contribution is 0.0955. The molecule has 4 nitrogen and oxygen atoms in total. The molecule has 1 amide bonds. The summed E-state index contributed by atoms with van der Waals surface area (Å²) in [5, 5.41) is 0.790. The largest absolute Gasteiger partial charge is 0.290 e. The van der Waals surface area contributed by atoms with Crippen LogP contribution in [-0.4, -0.2) is 10.9 Å². The molecule has 0 unspecified atom stereocenters. The normalized spacial score (nSPS) is 11.0. The molecule has 3 N–H and O–H groups in total. The molecule has 0 aliphatic heterocycles. The Morgan fingerprint density at radius 2 is 1.78 bits per heavy atom. The van der Waals surface area contributed by atoms with Crippen molar-refractivity contribution in [2.24, 2.45) is 5.84 Å². The molecule has 0 radical (unpaired) electrons. The Kier molecular flexibility index (Phi) is 4.08. The van der Waals surface area contributed by atoms with Crippen LogP contribution in [0.1, 0.15) is 35.7 Å². The van der Waals surface area contributed by atoms with E-state index in [4.69, 9.17) is 5.84 Å². The molecule has 4 heteroatoms. The number of nitrogens with zero attached hydrogens (tertiary/aromatic N) is 1. The molecule has 3 aromatic rings. The number of rotatable bonds is 3. The third kappa shape index (κ3) is 2.94. The van der Waals surface area contributed by atoms with Crippen LogP contribution in [0, 0.1) is 0 Å². The number of nitrogens with two attached hydrogens (primary N) is 1. The lowest BCUT2D eigenvalue weighted by Crippen LogP contribution is -2.30. The maximum atomic E-state index is 12.1. The highest BCUT2D eigenvalue weighted by molar-refractivity contribution is 6.06. The van der Waals surface area contributed by atoms with Gasteiger partial charge in [0.15, 0.2) is 0 Å². The van der Waals surface area contributed by atoms with E-state index >= 15 is 0 Å². The highest BCUT2D eigenvalue weighted by atomic mass is 16.2. The molecular weight excluding hydrogens is 286 g/mol. The maximum Gasteiger partial charge on any atom is 0.265 e. The van der Waals surface area contributed by atoms with Gasteiger partial charge in [-0.1, -0.05) is 56.3 Å². The molecule has 1 heterocycles. The van der Waals surface area contributed by atoms with E-state index in [1.54, 1.807) is 6.07 Å². The molecule has 0 saturated carbocycles. The Hall–Kier alpha value is -2.72. The van der Waals surface area contributed by atoms with Crippen molar-refractivity contribution in [3.63, 3.8) is 0 Å². The quantitative estimate of drug-likeness (QED) is 0.441. The zero-order valence-electron chi connectivity index (χ0n) is 13.2. The molecule has 3 rings (SSSR count). The van der Waals surface area contributed by atoms with Crippen LogP contribution in [0.2, 0.25) is 0 Å². The molecule has 2 aromatic carbocycles. The van der Waals surface area contributed by atoms with Gasteiger partial charge in [0.25, 0.3) is 5.91 Å². The number of hydrogen-bond acceptors (Lipinski definition) is 3. The van der Waals surface area contributed by atoms with Gasteiger partial charge in [0.1, 0.15) is 0 Å². The molecular formula is C19H19N3O. The van der Waals surface area contributed by atoms with Gasteiger partial charge in [-0.3, -0.25) is 10.2 Å². The molecule has 0 bridgehead atoms. The summed E-state index contributed by atoms with van der Waals surface area (Å²) in [7, 11) is 0. The lowest BCUT2D eigenvalue weighted by atomic mass is 9.99. The highest BCUT2D eigenvalue weighted by Gasteiger charge is 2.13. The Morgan fingerprint density at radius 1 is 1.09 bits per heavy atom. The number of nitrogens with one attached hydrogen (secondary N) is 1. The molecule has 0 aliphatic carbocycles. The van der Waals surface area contributed by atoms with E-state index in [0.717, 1.165) is 22.2 Å². The second-order valence-corrected chi connectivity index (χ2v) is 5.82. The molecule has 0 spiro atoms. The first-order chi connectivity index (χ1) is 11.1. The van der Waals surface area contributed by atoms with Gasteiger partial charge in [-0.25, -0.2) is 10.8 Å². The standard InChI is InChI=1S/C19H19N3O/c1-12(2)13-7-9-14(10-8-13)18-11-16(19(23)22-20)15-5-3-4-6-17(15)21-18/h3-12H,20H2,1-2H3,(H,22,23). The van der Waals surface area contributed by atoms with Crippen molar-refractivity contribution in [1.29, 1.82) is 0 Å². The summed E-state index contributed by atoms with van der Waals surface area (Å²) in [5.74, 6) is 5.48. The number of aromatic nitrogens is 1. The number of nitrogen functional groups attached to an aromatic ring is 1. The maximum absolute atomic E-state index is 12.1. The topological polar surface area (TPSA) is 68.0 Å². The Bertz CT molecular complexity index is 854. The lowest BCUT2D eigenvalue weighted by Gasteiger charge is -2.10. The van der Waals surface area contributed by atoms with Crippen molar-refractivity contribution in [2.45, 2.75) is 19.8 Å². The second kappa shape index (κ2) is 6.18. The van der Waals surface area contributed by atoms with Crippen LogP contribution < -0.4 is 11.3 Å². The van der Waals surface area contributed by atoms with Crippen molar-refractivity contribution < 1.29 is 4.79 Å². The monoisotopic (exact) mass is 305 g/mol. The summed E-state index contributed by atoms with van der Waals surface area (Å²) >= 11 is 0. The fourth-order valence-electron chi connectivity index (χ4n) is 2.63. The third-order valence-corrected chi connectivity index (χ3v) is 3.97. The zero-order chi connectivity index (χ0) is 16.4. The smallest absolute Gasteiger partial charge is 0.265 e. The van der Waals surface area contributed by atoms with Crippen LogP contribution in [0.5, 0.6) is 0 Å². The predicted octanol–water partition coefficient (Wildman–Crippen LogP) is 3.63. The predicted molar refractivity (Wildman–Crippen MR) is 92.9 cm³/mol. The summed E-state index contributed by atoms with van der Waals surface area (Å²) in [6.45, 7) is 4.32. The van der Waals surface area contributed by atoms with E-state index in [1.807, 2.05) is 36.4 Å². The van der Waals surface area contributed by atoms with Crippen LogP contribution in [-0.2, 0) is 0 Å². The van der Waals surface area contributed by atoms with Gasteiger partial charge in [-0.15, -0.1) is 0 Å². The number of benzene rings is 2. The van der Waals surface area contributed by atoms with E-state index in [-0.39, 0.29) is 5.91 Å². The molecule has 116 valence electrons. The highest BCUT2D eigenvalue weighted by Crippen LogP contribution is 2.26. The van der Waals surface area contributed by atoms with E-state index in [0.29, 0.717) is 11.5 Å². The van der Waals surface area contributed by atoms with E-state index in [2.05, 4.69) is 36.4 Å². The number of carbonyl (C=O) groups excluding carboxylic acids is 1. The SMILES string of the molecule is CC(C)c1ccc(-c2cc(C(=O)NN)c3ccccc3n2)cc1. The van der Waals surface area contributed by atoms with E-state index < -0.39 is 0 Å². The van der Waals surface area contributed by atoms with E-state index in [1.165, 1.54) is 5.56 Å². The zero-order valence-corrected chi connectivity index (χ0v) is 13.2. The van der Waals surface area contributed by atoms with Gasteiger partial charge in [0, 0.05) is 10.9 Å². The van der Waals surface area contributed by atoms with Crippen molar-refractivity contribution >= 4 is 16.8 Å². The molecule has 0 aliphatic rings. The van der Waals surface area contributed by atoms with E-state index in [9.17, 15) is 4.79 Å². The summed E-state index contributed by atoms with van der Waals surface area (Å²) in [4.78, 5) is 16.8. The first-order valence-electron chi connectivity index (χ1n) is 7.61. The van der Waals surface area contributed by atoms with Crippen LogP contribution in [0.15, 0.2) is 54.6 Å². The minimum atomic E-state index is -0.316. The number of para-hydroxylation sites is 1. The van der Waals surface area contributed by atoms with Crippen LogP contribution >= 0.6 is 0 Å².